The van der Waals surface area contributed by atoms with Crippen molar-refractivity contribution in [2.24, 2.45) is 0 Å². The van der Waals surface area contributed by atoms with Gasteiger partial charge in [-0.1, -0.05) is 6.07 Å². The lowest BCUT2D eigenvalue weighted by atomic mass is 10.1. The summed E-state index contributed by atoms with van der Waals surface area (Å²) in [5, 5.41) is 0. The van der Waals surface area contributed by atoms with Gasteiger partial charge in [0.15, 0.2) is 0 Å². The molecule has 2 nitrogen and oxygen atoms in total. The minimum atomic E-state index is -0.264. The monoisotopic (exact) mass is 221 g/mol. The number of carbonyl (C=O) groups excluding carboxylic acids is 1. The van der Waals surface area contributed by atoms with E-state index in [-0.39, 0.29) is 18.0 Å². The number of Topliss-reactive ketones (excluding diaryl/α,β-unsaturated/α-hetero) is 1. The second kappa shape index (κ2) is 4.64. The van der Waals surface area contributed by atoms with Crippen LogP contribution in [0.25, 0.3) is 0 Å². The van der Waals surface area contributed by atoms with Crippen molar-refractivity contribution in [3.63, 3.8) is 0 Å². The van der Waals surface area contributed by atoms with Gasteiger partial charge in [0.1, 0.15) is 11.6 Å². The minimum Gasteiger partial charge on any atom is -0.371 e. The summed E-state index contributed by atoms with van der Waals surface area (Å²) >= 11 is 0. The van der Waals surface area contributed by atoms with Gasteiger partial charge in [0.05, 0.1) is 0 Å². The van der Waals surface area contributed by atoms with Gasteiger partial charge in [-0.15, -0.1) is 0 Å². The molecule has 0 radical (unpaired) electrons. The lowest BCUT2D eigenvalue weighted by molar-refractivity contribution is -0.116. The second-order valence-electron chi connectivity index (χ2n) is 4.31. The van der Waals surface area contributed by atoms with Crippen molar-refractivity contribution in [3.05, 3.63) is 29.6 Å². The molecule has 1 fully saturated rings. The number of carbonyl (C=O) groups is 1. The topological polar surface area (TPSA) is 20.3 Å². The molecule has 1 aliphatic rings. The molecular formula is C13H16FNO. The maximum absolute atomic E-state index is 13.7. The third-order valence-electron chi connectivity index (χ3n) is 2.97. The highest BCUT2D eigenvalue weighted by Gasteiger charge is 2.18. The van der Waals surface area contributed by atoms with Crippen LogP contribution in [0.5, 0.6) is 0 Å². The van der Waals surface area contributed by atoms with E-state index >= 15 is 0 Å². The molecule has 16 heavy (non-hydrogen) atoms. The van der Waals surface area contributed by atoms with Crippen LogP contribution in [0.3, 0.4) is 0 Å². The molecule has 1 saturated heterocycles. The van der Waals surface area contributed by atoms with Gasteiger partial charge in [-0.2, -0.15) is 0 Å². The predicted octanol–water partition coefficient (Wildman–Crippen LogP) is 2.56. The van der Waals surface area contributed by atoms with Crippen LogP contribution in [0.1, 0.15) is 25.3 Å². The van der Waals surface area contributed by atoms with E-state index in [2.05, 4.69) is 4.90 Å². The van der Waals surface area contributed by atoms with E-state index in [9.17, 15) is 9.18 Å². The lowest BCUT2D eigenvalue weighted by Gasteiger charge is -2.21. The normalized spacial score (nSPS) is 15.5. The molecule has 0 bridgehead atoms. The molecule has 86 valence electrons. The zero-order valence-electron chi connectivity index (χ0n) is 9.50. The molecule has 0 unspecified atom stereocenters. The molecule has 1 aromatic carbocycles. The van der Waals surface area contributed by atoms with Crippen LogP contribution >= 0.6 is 0 Å². The van der Waals surface area contributed by atoms with E-state index in [1.807, 2.05) is 6.07 Å². The Kier molecular flexibility index (Phi) is 3.22. The van der Waals surface area contributed by atoms with Gasteiger partial charge in [0, 0.05) is 30.8 Å². The number of halogens is 1. The summed E-state index contributed by atoms with van der Waals surface area (Å²) in [6.07, 6.45) is 2.49. The Balaban J connectivity index is 2.34. The zero-order valence-corrected chi connectivity index (χ0v) is 9.50. The Morgan fingerprint density at radius 3 is 2.69 bits per heavy atom. The van der Waals surface area contributed by atoms with E-state index in [1.165, 1.54) is 13.0 Å². The standard InChI is InChI=1S/C13H16FNO/c1-10(16)9-11-12(14)5-4-6-13(11)15-7-2-3-8-15/h4-6H,2-3,7-9H2,1H3. The first-order valence-electron chi connectivity index (χ1n) is 5.70. The predicted molar refractivity (Wildman–Crippen MR) is 62.2 cm³/mol. The van der Waals surface area contributed by atoms with Gasteiger partial charge in [-0.25, -0.2) is 4.39 Å². The first-order valence-corrected chi connectivity index (χ1v) is 5.70. The molecule has 1 aromatic rings. The van der Waals surface area contributed by atoms with Crippen LogP contribution in [-0.4, -0.2) is 18.9 Å². The molecule has 3 heteroatoms. The summed E-state index contributed by atoms with van der Waals surface area (Å²) in [4.78, 5) is 13.3. The zero-order chi connectivity index (χ0) is 11.5. The summed E-state index contributed by atoms with van der Waals surface area (Å²) in [6, 6.07) is 5.05. The summed E-state index contributed by atoms with van der Waals surface area (Å²) in [6.45, 7) is 3.43. The third kappa shape index (κ3) is 2.23. The highest BCUT2D eigenvalue weighted by molar-refractivity contribution is 5.80. The van der Waals surface area contributed by atoms with Crippen molar-refractivity contribution in [1.29, 1.82) is 0 Å². The van der Waals surface area contributed by atoms with Crippen molar-refractivity contribution < 1.29 is 9.18 Å². The fourth-order valence-corrected chi connectivity index (χ4v) is 2.23. The molecule has 1 heterocycles. The molecule has 0 aromatic heterocycles. The smallest absolute Gasteiger partial charge is 0.134 e. The Labute approximate surface area is 95.1 Å². The van der Waals surface area contributed by atoms with Gasteiger partial charge < -0.3 is 4.90 Å². The summed E-state index contributed by atoms with van der Waals surface area (Å²) < 4.78 is 13.7. The van der Waals surface area contributed by atoms with Gasteiger partial charge in [0.25, 0.3) is 0 Å². The molecular weight excluding hydrogens is 205 g/mol. The summed E-state index contributed by atoms with van der Waals surface area (Å²) in [7, 11) is 0. The quantitative estimate of drug-likeness (QED) is 0.781. The molecule has 0 amide bonds. The largest absolute Gasteiger partial charge is 0.371 e. The number of ketones is 1. The maximum atomic E-state index is 13.7. The van der Waals surface area contributed by atoms with Crippen molar-refractivity contribution in [2.45, 2.75) is 26.2 Å². The Hall–Kier alpha value is -1.38. The second-order valence-corrected chi connectivity index (χ2v) is 4.31. The molecule has 0 spiro atoms. The summed E-state index contributed by atoms with van der Waals surface area (Å²) in [5.74, 6) is -0.259. The minimum absolute atomic E-state index is 0.00514. The van der Waals surface area contributed by atoms with E-state index in [1.54, 1.807) is 6.07 Å². The van der Waals surface area contributed by atoms with Crippen molar-refractivity contribution in [1.82, 2.24) is 0 Å². The summed E-state index contributed by atoms with van der Waals surface area (Å²) in [5.41, 5.74) is 1.45. The molecule has 0 atom stereocenters. The average molecular weight is 221 g/mol. The number of nitrogens with zero attached hydrogens (tertiary/aromatic N) is 1. The SMILES string of the molecule is CC(=O)Cc1c(F)cccc1N1CCCC1. The van der Waals surface area contributed by atoms with Crippen LogP contribution in [0.15, 0.2) is 18.2 Å². The number of hydrogen-bond acceptors (Lipinski definition) is 2. The Morgan fingerprint density at radius 1 is 1.38 bits per heavy atom. The Morgan fingerprint density at radius 2 is 2.06 bits per heavy atom. The van der Waals surface area contributed by atoms with Gasteiger partial charge >= 0.3 is 0 Å². The van der Waals surface area contributed by atoms with Gasteiger partial charge in [-0.05, 0) is 31.9 Å². The van der Waals surface area contributed by atoms with Crippen molar-refractivity contribution >= 4 is 11.5 Å². The third-order valence-corrected chi connectivity index (χ3v) is 2.97. The van der Waals surface area contributed by atoms with Gasteiger partial charge in [0.2, 0.25) is 0 Å². The van der Waals surface area contributed by atoms with E-state index in [0.29, 0.717) is 5.56 Å². The van der Waals surface area contributed by atoms with Crippen molar-refractivity contribution in [2.75, 3.05) is 18.0 Å². The molecule has 0 saturated carbocycles. The van der Waals surface area contributed by atoms with E-state index < -0.39 is 0 Å². The van der Waals surface area contributed by atoms with Crippen molar-refractivity contribution in [3.8, 4) is 0 Å². The molecule has 2 rings (SSSR count). The number of rotatable bonds is 3. The molecule has 1 aliphatic heterocycles. The fourth-order valence-electron chi connectivity index (χ4n) is 2.23. The lowest BCUT2D eigenvalue weighted by Crippen LogP contribution is -2.20. The van der Waals surface area contributed by atoms with Crippen LogP contribution in [0.4, 0.5) is 10.1 Å². The fraction of sp³-hybridized carbons (Fsp3) is 0.462. The average Bonchev–Trinajstić information content (AvgIpc) is 2.73. The van der Waals surface area contributed by atoms with Crippen LogP contribution < -0.4 is 4.90 Å². The first kappa shape index (κ1) is 11.1. The van der Waals surface area contributed by atoms with Gasteiger partial charge in [-0.3, -0.25) is 4.79 Å². The van der Waals surface area contributed by atoms with E-state index in [4.69, 9.17) is 0 Å². The maximum Gasteiger partial charge on any atom is 0.134 e. The van der Waals surface area contributed by atoms with Crippen LogP contribution in [0, 0.1) is 5.82 Å². The highest BCUT2D eigenvalue weighted by Crippen LogP contribution is 2.27. The molecule has 0 N–H and O–H groups in total. The Bertz CT molecular complexity index is 397. The number of anilines is 1. The highest BCUT2D eigenvalue weighted by atomic mass is 19.1. The molecule has 0 aliphatic carbocycles. The number of hydrogen-bond donors (Lipinski definition) is 0. The van der Waals surface area contributed by atoms with Crippen LogP contribution in [-0.2, 0) is 11.2 Å². The number of benzene rings is 1. The first-order chi connectivity index (χ1) is 7.68. The van der Waals surface area contributed by atoms with E-state index in [0.717, 1.165) is 31.6 Å². The van der Waals surface area contributed by atoms with Crippen LogP contribution in [0.2, 0.25) is 0 Å².